The maximum Gasteiger partial charge on any atom is 0.105 e. The molecular weight excluding hydrogens is 160 g/mol. The first-order valence-electron chi connectivity index (χ1n) is 5.27. The third kappa shape index (κ3) is 1.62. The summed E-state index contributed by atoms with van der Waals surface area (Å²) in [6.45, 7) is 5.86. The summed E-state index contributed by atoms with van der Waals surface area (Å²) in [6, 6.07) is 0.685. The standard InChI is InChI=1S/C11H18N2/c1-9-6-8-13(10(9)2)11-5-3-4-7-12-11/h4,7,9-10H,3,5-6,8H2,1-2H3. The monoisotopic (exact) mass is 178 g/mol. The first kappa shape index (κ1) is 8.79. The number of hydrogen-bond donors (Lipinski definition) is 0. The Hall–Kier alpha value is -0.790. The van der Waals surface area contributed by atoms with Gasteiger partial charge in [-0.05, 0) is 25.7 Å². The molecule has 2 nitrogen and oxygen atoms in total. The van der Waals surface area contributed by atoms with Crippen LogP contribution in [0.25, 0.3) is 0 Å². The minimum Gasteiger partial charge on any atom is -0.357 e. The Labute approximate surface area is 80.3 Å². The smallest absolute Gasteiger partial charge is 0.105 e. The molecule has 13 heavy (non-hydrogen) atoms. The molecular formula is C11H18N2. The van der Waals surface area contributed by atoms with E-state index in [9.17, 15) is 0 Å². The Morgan fingerprint density at radius 2 is 2.31 bits per heavy atom. The fourth-order valence-corrected chi connectivity index (χ4v) is 2.17. The molecule has 0 amide bonds. The molecule has 2 atom stereocenters. The zero-order valence-electron chi connectivity index (χ0n) is 8.53. The van der Waals surface area contributed by atoms with Crippen LogP contribution < -0.4 is 0 Å². The zero-order chi connectivity index (χ0) is 9.26. The fourth-order valence-electron chi connectivity index (χ4n) is 2.17. The van der Waals surface area contributed by atoms with Crippen LogP contribution in [0, 0.1) is 5.92 Å². The number of rotatable bonds is 0. The summed E-state index contributed by atoms with van der Waals surface area (Å²) in [6.07, 6.45) is 7.72. The Bertz CT molecular complexity index is 242. The Morgan fingerprint density at radius 1 is 1.46 bits per heavy atom. The molecule has 0 saturated carbocycles. The van der Waals surface area contributed by atoms with Crippen molar-refractivity contribution in [2.24, 2.45) is 10.9 Å². The summed E-state index contributed by atoms with van der Waals surface area (Å²) < 4.78 is 0. The molecule has 0 aromatic carbocycles. The summed E-state index contributed by atoms with van der Waals surface area (Å²) in [5, 5.41) is 0. The van der Waals surface area contributed by atoms with Crippen LogP contribution >= 0.6 is 0 Å². The molecule has 0 spiro atoms. The fraction of sp³-hybridized carbons (Fsp3) is 0.727. The van der Waals surface area contributed by atoms with E-state index >= 15 is 0 Å². The maximum absolute atomic E-state index is 4.46. The van der Waals surface area contributed by atoms with Crippen LogP contribution in [0.3, 0.4) is 0 Å². The highest BCUT2D eigenvalue weighted by Crippen LogP contribution is 2.25. The van der Waals surface area contributed by atoms with E-state index in [1.807, 2.05) is 6.20 Å². The second kappa shape index (κ2) is 3.52. The first-order chi connectivity index (χ1) is 6.29. The van der Waals surface area contributed by atoms with Gasteiger partial charge in [0.15, 0.2) is 0 Å². The van der Waals surface area contributed by atoms with Gasteiger partial charge in [-0.2, -0.15) is 0 Å². The van der Waals surface area contributed by atoms with E-state index < -0.39 is 0 Å². The number of nitrogens with zero attached hydrogens (tertiary/aromatic N) is 2. The van der Waals surface area contributed by atoms with Gasteiger partial charge in [0.05, 0.1) is 0 Å². The lowest BCUT2D eigenvalue weighted by atomic mass is 10.1. The van der Waals surface area contributed by atoms with Crippen molar-refractivity contribution in [1.82, 2.24) is 4.90 Å². The van der Waals surface area contributed by atoms with Crippen molar-refractivity contribution in [3.05, 3.63) is 12.3 Å². The average molecular weight is 178 g/mol. The van der Waals surface area contributed by atoms with E-state index in [2.05, 4.69) is 29.8 Å². The molecule has 0 N–H and O–H groups in total. The van der Waals surface area contributed by atoms with Gasteiger partial charge in [0.2, 0.25) is 0 Å². The molecule has 2 heterocycles. The highest BCUT2D eigenvalue weighted by molar-refractivity contribution is 5.84. The number of allylic oxidation sites excluding steroid dienone is 1. The molecule has 0 bridgehead atoms. The number of hydrogen-bond acceptors (Lipinski definition) is 2. The summed E-state index contributed by atoms with van der Waals surface area (Å²) in [5.41, 5.74) is 0. The van der Waals surface area contributed by atoms with Crippen molar-refractivity contribution < 1.29 is 0 Å². The third-order valence-electron chi connectivity index (χ3n) is 3.34. The van der Waals surface area contributed by atoms with Crippen molar-refractivity contribution in [3.63, 3.8) is 0 Å². The van der Waals surface area contributed by atoms with Crippen molar-refractivity contribution in [3.8, 4) is 0 Å². The Morgan fingerprint density at radius 3 is 2.85 bits per heavy atom. The number of aliphatic imine (C=N–C) groups is 1. The van der Waals surface area contributed by atoms with E-state index in [-0.39, 0.29) is 0 Å². The third-order valence-corrected chi connectivity index (χ3v) is 3.34. The molecule has 1 fully saturated rings. The predicted octanol–water partition coefficient (Wildman–Crippen LogP) is 2.42. The predicted molar refractivity (Wildman–Crippen MR) is 55.8 cm³/mol. The summed E-state index contributed by atoms with van der Waals surface area (Å²) in [5.74, 6) is 2.13. The lowest BCUT2D eigenvalue weighted by Gasteiger charge is -2.27. The Kier molecular flexibility index (Phi) is 2.38. The normalized spacial score (nSPS) is 33.7. The molecule has 2 unspecified atom stereocenters. The van der Waals surface area contributed by atoms with Crippen LogP contribution in [0.4, 0.5) is 0 Å². The van der Waals surface area contributed by atoms with E-state index in [0.717, 1.165) is 18.8 Å². The van der Waals surface area contributed by atoms with Gasteiger partial charge in [-0.1, -0.05) is 13.0 Å². The number of likely N-dealkylation sites (tertiary alicyclic amines) is 1. The van der Waals surface area contributed by atoms with Gasteiger partial charge >= 0.3 is 0 Å². The second-order valence-corrected chi connectivity index (χ2v) is 4.17. The SMILES string of the molecule is CC1CCN(C2=NC=CCC2)C1C. The second-order valence-electron chi connectivity index (χ2n) is 4.17. The molecule has 2 aliphatic rings. The van der Waals surface area contributed by atoms with E-state index in [0.29, 0.717) is 6.04 Å². The van der Waals surface area contributed by atoms with Crippen molar-refractivity contribution >= 4 is 5.84 Å². The summed E-state index contributed by atoms with van der Waals surface area (Å²) in [7, 11) is 0. The van der Waals surface area contributed by atoms with Gasteiger partial charge in [0.25, 0.3) is 0 Å². The molecule has 0 radical (unpaired) electrons. The maximum atomic E-state index is 4.46. The zero-order valence-corrected chi connectivity index (χ0v) is 8.53. The minimum absolute atomic E-state index is 0.685. The van der Waals surface area contributed by atoms with Crippen molar-refractivity contribution in [2.75, 3.05) is 6.54 Å². The highest BCUT2D eigenvalue weighted by Gasteiger charge is 2.29. The van der Waals surface area contributed by atoms with Crippen LogP contribution in [0.15, 0.2) is 17.3 Å². The molecule has 0 aromatic rings. The van der Waals surface area contributed by atoms with Crippen LogP contribution in [0.1, 0.15) is 33.1 Å². The van der Waals surface area contributed by atoms with E-state index in [1.165, 1.54) is 18.8 Å². The molecule has 0 aliphatic carbocycles. The van der Waals surface area contributed by atoms with Gasteiger partial charge in [-0.25, -0.2) is 4.99 Å². The first-order valence-corrected chi connectivity index (χ1v) is 5.27. The quantitative estimate of drug-likeness (QED) is 0.556. The molecule has 72 valence electrons. The van der Waals surface area contributed by atoms with Gasteiger partial charge in [-0.3, -0.25) is 0 Å². The average Bonchev–Trinajstić information content (AvgIpc) is 2.49. The molecule has 2 heteroatoms. The van der Waals surface area contributed by atoms with Crippen molar-refractivity contribution in [1.29, 1.82) is 0 Å². The molecule has 2 rings (SSSR count). The molecule has 0 aromatic heterocycles. The van der Waals surface area contributed by atoms with Crippen LogP contribution in [-0.2, 0) is 0 Å². The van der Waals surface area contributed by atoms with Crippen LogP contribution in [0.5, 0.6) is 0 Å². The largest absolute Gasteiger partial charge is 0.357 e. The molecule has 1 saturated heterocycles. The lowest BCUT2D eigenvalue weighted by Crippen LogP contribution is -2.35. The van der Waals surface area contributed by atoms with Crippen LogP contribution in [-0.4, -0.2) is 23.3 Å². The molecule has 2 aliphatic heterocycles. The summed E-state index contributed by atoms with van der Waals surface area (Å²) >= 11 is 0. The van der Waals surface area contributed by atoms with Crippen LogP contribution in [0.2, 0.25) is 0 Å². The van der Waals surface area contributed by atoms with E-state index in [1.54, 1.807) is 0 Å². The van der Waals surface area contributed by atoms with Gasteiger partial charge in [0, 0.05) is 25.2 Å². The number of amidine groups is 1. The highest BCUT2D eigenvalue weighted by atomic mass is 15.2. The van der Waals surface area contributed by atoms with Gasteiger partial charge < -0.3 is 4.90 Å². The topological polar surface area (TPSA) is 15.6 Å². The van der Waals surface area contributed by atoms with Gasteiger partial charge in [0.1, 0.15) is 5.84 Å². The van der Waals surface area contributed by atoms with Crippen molar-refractivity contribution in [2.45, 2.75) is 39.2 Å². The van der Waals surface area contributed by atoms with Gasteiger partial charge in [-0.15, -0.1) is 0 Å². The Balaban J connectivity index is 2.08. The minimum atomic E-state index is 0.685. The summed E-state index contributed by atoms with van der Waals surface area (Å²) in [4.78, 5) is 6.94. The van der Waals surface area contributed by atoms with E-state index in [4.69, 9.17) is 0 Å². The lowest BCUT2D eigenvalue weighted by molar-refractivity contribution is 0.363.